The van der Waals surface area contributed by atoms with E-state index in [0.29, 0.717) is 12.1 Å². The van der Waals surface area contributed by atoms with E-state index < -0.39 is 0 Å². The quantitative estimate of drug-likeness (QED) is 0.702. The number of rotatable bonds is 0. The van der Waals surface area contributed by atoms with E-state index in [0.717, 1.165) is 11.1 Å². The van der Waals surface area contributed by atoms with Crippen LogP contribution < -0.4 is 5.32 Å². The van der Waals surface area contributed by atoms with Gasteiger partial charge in [0.15, 0.2) is 0 Å². The Hall–Kier alpha value is -2.09. The fraction of sp³-hybridized carbons (Fsp3) is 0.0714. The number of hydrogen-bond acceptors (Lipinski definition) is 1. The average molecular weight is 211 g/mol. The number of hydrogen-bond donors (Lipinski definition) is 1. The van der Waals surface area contributed by atoms with E-state index in [4.69, 9.17) is 0 Å². The Balaban J connectivity index is 2.50. The number of carbonyl (C=O) groups is 1. The molecule has 0 atom stereocenters. The van der Waals surface area contributed by atoms with Gasteiger partial charge in [-0.2, -0.15) is 0 Å². The van der Waals surface area contributed by atoms with E-state index in [1.807, 2.05) is 48.6 Å². The molecule has 0 saturated heterocycles. The Morgan fingerprint density at radius 1 is 1.12 bits per heavy atom. The maximum absolute atomic E-state index is 11.9. The van der Waals surface area contributed by atoms with Crippen molar-refractivity contribution < 1.29 is 4.79 Å². The van der Waals surface area contributed by atoms with Crippen LogP contribution in [0.25, 0.3) is 5.57 Å². The number of fused-ring (bicyclic) bond motifs is 1. The summed E-state index contributed by atoms with van der Waals surface area (Å²) in [5, 5.41) is 2.83. The third kappa shape index (κ3) is 2.11. The lowest BCUT2D eigenvalue weighted by atomic mass is 9.99. The second kappa shape index (κ2) is 4.62. The molecule has 1 aromatic carbocycles. The molecule has 0 radical (unpaired) electrons. The van der Waals surface area contributed by atoms with Crippen LogP contribution in [0.1, 0.15) is 15.9 Å². The highest BCUT2D eigenvalue weighted by Crippen LogP contribution is 2.19. The predicted molar refractivity (Wildman–Crippen MR) is 66.1 cm³/mol. The molecule has 2 rings (SSSR count). The van der Waals surface area contributed by atoms with Gasteiger partial charge in [0.25, 0.3) is 5.91 Å². The lowest BCUT2D eigenvalue weighted by Crippen LogP contribution is -2.24. The van der Waals surface area contributed by atoms with Gasteiger partial charge in [-0.1, -0.05) is 49.1 Å². The molecule has 0 bridgehead atoms. The predicted octanol–water partition coefficient (Wildman–Crippen LogP) is 2.56. The topological polar surface area (TPSA) is 29.1 Å². The third-order valence-electron chi connectivity index (χ3n) is 2.44. The minimum Gasteiger partial charge on any atom is -0.349 e. The van der Waals surface area contributed by atoms with E-state index >= 15 is 0 Å². The fourth-order valence-corrected chi connectivity index (χ4v) is 1.62. The Morgan fingerprint density at radius 3 is 2.69 bits per heavy atom. The largest absolute Gasteiger partial charge is 0.349 e. The molecule has 0 aromatic heterocycles. The van der Waals surface area contributed by atoms with Gasteiger partial charge in [0.1, 0.15) is 0 Å². The van der Waals surface area contributed by atoms with E-state index in [1.54, 1.807) is 0 Å². The van der Waals surface area contributed by atoms with E-state index in [2.05, 4.69) is 11.9 Å². The molecular formula is C14H13NO. The van der Waals surface area contributed by atoms with Crippen molar-refractivity contribution in [1.82, 2.24) is 5.32 Å². The van der Waals surface area contributed by atoms with Crippen molar-refractivity contribution in [3.8, 4) is 0 Å². The summed E-state index contributed by atoms with van der Waals surface area (Å²) >= 11 is 0. The molecule has 1 amide bonds. The lowest BCUT2D eigenvalue weighted by Gasteiger charge is -2.10. The van der Waals surface area contributed by atoms with Crippen LogP contribution in [0.5, 0.6) is 0 Å². The summed E-state index contributed by atoms with van der Waals surface area (Å²) in [7, 11) is 0. The first kappa shape index (κ1) is 10.4. The van der Waals surface area contributed by atoms with Crippen molar-refractivity contribution in [1.29, 1.82) is 0 Å². The lowest BCUT2D eigenvalue weighted by molar-refractivity contribution is 0.0958. The number of benzene rings is 1. The Bertz CT molecular complexity index is 483. The summed E-state index contributed by atoms with van der Waals surface area (Å²) in [5.74, 6) is -0.0586. The zero-order valence-electron chi connectivity index (χ0n) is 8.94. The molecule has 0 saturated carbocycles. The molecule has 2 nitrogen and oxygen atoms in total. The van der Waals surface area contributed by atoms with Crippen LogP contribution in [-0.2, 0) is 0 Å². The van der Waals surface area contributed by atoms with Crippen LogP contribution in [0.2, 0.25) is 0 Å². The van der Waals surface area contributed by atoms with Crippen LogP contribution in [-0.4, -0.2) is 12.5 Å². The Morgan fingerprint density at radius 2 is 1.88 bits per heavy atom. The Labute approximate surface area is 95.0 Å². The van der Waals surface area contributed by atoms with Crippen molar-refractivity contribution in [2.75, 3.05) is 6.54 Å². The van der Waals surface area contributed by atoms with Gasteiger partial charge in [0, 0.05) is 12.1 Å². The third-order valence-corrected chi connectivity index (χ3v) is 2.44. The average Bonchev–Trinajstić information content (AvgIpc) is 2.32. The molecule has 80 valence electrons. The van der Waals surface area contributed by atoms with E-state index in [1.165, 1.54) is 0 Å². The zero-order chi connectivity index (χ0) is 11.4. The number of carbonyl (C=O) groups excluding carboxylic acids is 1. The van der Waals surface area contributed by atoms with E-state index in [9.17, 15) is 4.79 Å². The summed E-state index contributed by atoms with van der Waals surface area (Å²) in [6.45, 7) is 4.51. The molecule has 1 aromatic rings. The highest BCUT2D eigenvalue weighted by atomic mass is 16.1. The zero-order valence-corrected chi connectivity index (χ0v) is 8.94. The summed E-state index contributed by atoms with van der Waals surface area (Å²) in [4.78, 5) is 11.9. The van der Waals surface area contributed by atoms with Gasteiger partial charge in [0.2, 0.25) is 0 Å². The van der Waals surface area contributed by atoms with Crippen molar-refractivity contribution in [2.24, 2.45) is 0 Å². The maximum Gasteiger partial charge on any atom is 0.252 e. The van der Waals surface area contributed by atoms with Crippen molar-refractivity contribution in [3.63, 3.8) is 0 Å². The second-order valence-electron chi connectivity index (χ2n) is 3.57. The standard InChI is InChI=1S/C14H13NO/c1-11-7-3-2-6-10-15-14(16)13-9-5-4-8-12(11)13/h2-9H,1,10H2,(H,15,16)/b6-2-,7-3-. The van der Waals surface area contributed by atoms with Crippen LogP contribution in [0, 0.1) is 0 Å². The molecule has 1 aliphatic heterocycles. The summed E-state index contributed by atoms with van der Waals surface area (Å²) in [6, 6.07) is 7.49. The first-order valence-corrected chi connectivity index (χ1v) is 5.19. The minimum atomic E-state index is -0.0586. The normalized spacial score (nSPS) is 19.5. The molecule has 1 heterocycles. The van der Waals surface area contributed by atoms with Crippen LogP contribution in [0.4, 0.5) is 0 Å². The molecule has 0 aliphatic carbocycles. The highest BCUT2D eigenvalue weighted by molar-refractivity contribution is 6.00. The molecule has 0 unspecified atom stereocenters. The van der Waals surface area contributed by atoms with Crippen LogP contribution >= 0.6 is 0 Å². The second-order valence-corrected chi connectivity index (χ2v) is 3.57. The smallest absolute Gasteiger partial charge is 0.252 e. The van der Waals surface area contributed by atoms with Gasteiger partial charge in [-0.25, -0.2) is 0 Å². The van der Waals surface area contributed by atoms with Gasteiger partial charge in [-0.3, -0.25) is 4.79 Å². The van der Waals surface area contributed by atoms with Gasteiger partial charge in [-0.05, 0) is 17.2 Å². The highest BCUT2D eigenvalue weighted by Gasteiger charge is 2.10. The number of nitrogens with one attached hydrogen (secondary N) is 1. The molecule has 1 N–H and O–H groups in total. The van der Waals surface area contributed by atoms with Gasteiger partial charge >= 0.3 is 0 Å². The molecule has 1 aliphatic rings. The Kier molecular flexibility index (Phi) is 3.01. The molecule has 16 heavy (non-hydrogen) atoms. The molecular weight excluding hydrogens is 198 g/mol. The maximum atomic E-state index is 11.9. The fourth-order valence-electron chi connectivity index (χ4n) is 1.62. The molecule has 0 spiro atoms. The number of allylic oxidation sites excluding steroid dienone is 4. The van der Waals surface area contributed by atoms with E-state index in [-0.39, 0.29) is 5.91 Å². The van der Waals surface area contributed by atoms with Crippen LogP contribution in [0.3, 0.4) is 0 Å². The monoisotopic (exact) mass is 211 g/mol. The van der Waals surface area contributed by atoms with Gasteiger partial charge < -0.3 is 5.32 Å². The van der Waals surface area contributed by atoms with Gasteiger partial charge in [0.05, 0.1) is 0 Å². The summed E-state index contributed by atoms with van der Waals surface area (Å²) in [6.07, 6.45) is 7.64. The van der Waals surface area contributed by atoms with Crippen molar-refractivity contribution >= 4 is 11.5 Å². The first-order valence-electron chi connectivity index (χ1n) is 5.19. The summed E-state index contributed by atoms with van der Waals surface area (Å²) in [5.41, 5.74) is 2.40. The first-order chi connectivity index (χ1) is 7.79. The summed E-state index contributed by atoms with van der Waals surface area (Å²) < 4.78 is 0. The SMILES string of the molecule is C=C1/C=C\C=C/CNC(=O)c2ccccc21. The van der Waals surface area contributed by atoms with Crippen molar-refractivity contribution in [2.45, 2.75) is 0 Å². The van der Waals surface area contributed by atoms with Crippen LogP contribution in [0.15, 0.2) is 55.1 Å². The van der Waals surface area contributed by atoms with Crippen molar-refractivity contribution in [3.05, 3.63) is 66.3 Å². The molecule has 0 fully saturated rings. The minimum absolute atomic E-state index is 0.0586. The molecule has 2 heteroatoms. The van der Waals surface area contributed by atoms with Gasteiger partial charge in [-0.15, -0.1) is 0 Å². The number of amides is 1.